The number of nitrogens with zero attached hydrogens (tertiary/aromatic N) is 1. The van der Waals surface area contributed by atoms with E-state index in [2.05, 4.69) is 22.2 Å². The summed E-state index contributed by atoms with van der Waals surface area (Å²) in [4.78, 5) is 16.5. The van der Waals surface area contributed by atoms with Gasteiger partial charge in [-0.25, -0.2) is 4.98 Å². The normalized spacial score (nSPS) is 10.2. The molecule has 3 rings (SSSR count). The predicted octanol–water partition coefficient (Wildman–Crippen LogP) is 5.16. The molecule has 142 valence electrons. The summed E-state index contributed by atoms with van der Waals surface area (Å²) in [5.41, 5.74) is 2.87. The molecule has 5 nitrogen and oxygen atoms in total. The van der Waals surface area contributed by atoms with Crippen molar-refractivity contribution in [3.05, 3.63) is 95.8 Å². The third-order valence-corrected chi connectivity index (χ3v) is 4.13. The van der Waals surface area contributed by atoms with Gasteiger partial charge in [0.2, 0.25) is 0 Å². The Kier molecular flexibility index (Phi) is 6.65. The van der Waals surface area contributed by atoms with Crippen molar-refractivity contribution >= 4 is 28.9 Å². The highest BCUT2D eigenvalue weighted by atomic mass is 35.5. The number of pyridine rings is 1. The van der Waals surface area contributed by atoms with Gasteiger partial charge in [-0.1, -0.05) is 29.8 Å². The molecule has 0 atom stereocenters. The lowest BCUT2D eigenvalue weighted by atomic mass is 10.2. The minimum atomic E-state index is -0.273. The second-order valence-corrected chi connectivity index (χ2v) is 6.43. The standard InChI is InChI=1S/C22H20ClN3O2/c1-2-13-24-19-9-12-21(25-14-19)22(27)26-18-7-10-20(11-8-18)28-15-16-3-5-17(23)6-4-16/h2-12,14,24H,1,13,15H2,(H,26,27). The van der Waals surface area contributed by atoms with E-state index in [1.165, 1.54) is 0 Å². The van der Waals surface area contributed by atoms with Gasteiger partial charge in [0.05, 0.1) is 11.9 Å². The largest absolute Gasteiger partial charge is 0.489 e. The third kappa shape index (κ3) is 5.59. The number of benzene rings is 2. The number of aromatic nitrogens is 1. The summed E-state index contributed by atoms with van der Waals surface area (Å²) >= 11 is 5.87. The highest BCUT2D eigenvalue weighted by Crippen LogP contribution is 2.18. The Balaban J connectivity index is 1.53. The summed E-state index contributed by atoms with van der Waals surface area (Å²) in [7, 11) is 0. The Morgan fingerprint density at radius 1 is 1.04 bits per heavy atom. The zero-order chi connectivity index (χ0) is 19.8. The number of amides is 1. The van der Waals surface area contributed by atoms with Crippen molar-refractivity contribution in [3.8, 4) is 5.75 Å². The number of hydrogen-bond acceptors (Lipinski definition) is 4. The van der Waals surface area contributed by atoms with Crippen LogP contribution in [0.1, 0.15) is 16.1 Å². The summed E-state index contributed by atoms with van der Waals surface area (Å²) < 4.78 is 5.74. The van der Waals surface area contributed by atoms with Crippen LogP contribution in [0.3, 0.4) is 0 Å². The van der Waals surface area contributed by atoms with E-state index >= 15 is 0 Å². The Labute approximate surface area is 169 Å². The van der Waals surface area contributed by atoms with Gasteiger partial charge in [-0.2, -0.15) is 0 Å². The van der Waals surface area contributed by atoms with Crippen LogP contribution in [0.25, 0.3) is 0 Å². The molecule has 0 saturated carbocycles. The molecule has 0 aliphatic carbocycles. The Morgan fingerprint density at radius 3 is 2.39 bits per heavy atom. The van der Waals surface area contributed by atoms with Crippen molar-refractivity contribution in [1.29, 1.82) is 0 Å². The van der Waals surface area contributed by atoms with Gasteiger partial charge < -0.3 is 15.4 Å². The van der Waals surface area contributed by atoms with Gasteiger partial charge in [0.15, 0.2) is 0 Å². The first-order valence-electron chi connectivity index (χ1n) is 8.73. The van der Waals surface area contributed by atoms with Crippen LogP contribution in [-0.2, 0) is 6.61 Å². The molecule has 0 aliphatic rings. The van der Waals surface area contributed by atoms with Gasteiger partial charge in [0.25, 0.3) is 5.91 Å². The topological polar surface area (TPSA) is 63.2 Å². The molecule has 3 aromatic rings. The zero-order valence-corrected chi connectivity index (χ0v) is 15.9. The minimum absolute atomic E-state index is 0.273. The maximum Gasteiger partial charge on any atom is 0.274 e. The molecule has 1 amide bonds. The number of rotatable bonds is 8. The number of carbonyl (C=O) groups is 1. The van der Waals surface area contributed by atoms with Crippen LogP contribution in [0.5, 0.6) is 5.75 Å². The van der Waals surface area contributed by atoms with Crippen molar-refractivity contribution in [2.45, 2.75) is 6.61 Å². The van der Waals surface area contributed by atoms with Gasteiger partial charge in [-0.3, -0.25) is 4.79 Å². The molecule has 0 spiro atoms. The van der Waals surface area contributed by atoms with E-state index in [-0.39, 0.29) is 5.91 Å². The summed E-state index contributed by atoms with van der Waals surface area (Å²) in [5, 5.41) is 6.63. The molecule has 2 N–H and O–H groups in total. The maximum atomic E-state index is 12.3. The van der Waals surface area contributed by atoms with Gasteiger partial charge in [0, 0.05) is 17.3 Å². The Bertz CT molecular complexity index is 924. The first-order valence-corrected chi connectivity index (χ1v) is 9.11. The zero-order valence-electron chi connectivity index (χ0n) is 15.2. The number of hydrogen-bond donors (Lipinski definition) is 2. The van der Waals surface area contributed by atoms with Gasteiger partial charge in [0.1, 0.15) is 18.1 Å². The van der Waals surface area contributed by atoms with E-state index in [1.54, 1.807) is 48.7 Å². The number of nitrogens with one attached hydrogen (secondary N) is 2. The lowest BCUT2D eigenvalue weighted by Crippen LogP contribution is -2.13. The first-order chi connectivity index (χ1) is 13.6. The van der Waals surface area contributed by atoms with Crippen LogP contribution in [0.4, 0.5) is 11.4 Å². The molecule has 28 heavy (non-hydrogen) atoms. The monoisotopic (exact) mass is 393 g/mol. The van der Waals surface area contributed by atoms with Crippen LogP contribution < -0.4 is 15.4 Å². The average Bonchev–Trinajstić information content (AvgIpc) is 2.73. The molecule has 0 unspecified atom stereocenters. The second-order valence-electron chi connectivity index (χ2n) is 6.00. The molecule has 1 heterocycles. The lowest BCUT2D eigenvalue weighted by molar-refractivity contribution is 0.102. The summed E-state index contributed by atoms with van der Waals surface area (Å²) in [5.74, 6) is 0.439. The summed E-state index contributed by atoms with van der Waals surface area (Å²) in [6.45, 7) is 4.73. The second kappa shape index (κ2) is 9.58. The average molecular weight is 394 g/mol. The van der Waals surface area contributed by atoms with Crippen molar-refractivity contribution in [2.75, 3.05) is 17.2 Å². The molecule has 0 fully saturated rings. The van der Waals surface area contributed by atoms with Crippen LogP contribution in [0.15, 0.2) is 79.5 Å². The number of ether oxygens (including phenoxy) is 1. The van der Waals surface area contributed by atoms with Crippen LogP contribution >= 0.6 is 11.6 Å². The first kappa shape index (κ1) is 19.5. The molecule has 0 aliphatic heterocycles. The third-order valence-electron chi connectivity index (χ3n) is 3.88. The molecule has 2 aromatic carbocycles. The maximum absolute atomic E-state index is 12.3. The van der Waals surface area contributed by atoms with E-state index < -0.39 is 0 Å². The molecule has 0 bridgehead atoms. The van der Waals surface area contributed by atoms with Crippen molar-refractivity contribution in [3.63, 3.8) is 0 Å². The molecule has 0 saturated heterocycles. The van der Waals surface area contributed by atoms with E-state index in [0.717, 1.165) is 11.3 Å². The van der Waals surface area contributed by atoms with Gasteiger partial charge >= 0.3 is 0 Å². The molecule has 0 radical (unpaired) electrons. The van der Waals surface area contributed by atoms with E-state index in [9.17, 15) is 4.79 Å². The quantitative estimate of drug-likeness (QED) is 0.518. The molecular weight excluding hydrogens is 374 g/mol. The predicted molar refractivity (Wildman–Crippen MR) is 113 cm³/mol. The lowest BCUT2D eigenvalue weighted by Gasteiger charge is -2.09. The molecular formula is C22H20ClN3O2. The number of anilines is 2. The van der Waals surface area contributed by atoms with Gasteiger partial charge in [-0.05, 0) is 54.1 Å². The van der Waals surface area contributed by atoms with E-state index in [0.29, 0.717) is 35.3 Å². The van der Waals surface area contributed by atoms with Gasteiger partial charge in [-0.15, -0.1) is 6.58 Å². The van der Waals surface area contributed by atoms with Crippen molar-refractivity contribution in [1.82, 2.24) is 4.98 Å². The van der Waals surface area contributed by atoms with Crippen molar-refractivity contribution in [2.24, 2.45) is 0 Å². The van der Waals surface area contributed by atoms with Crippen LogP contribution in [0, 0.1) is 0 Å². The number of halogens is 1. The SMILES string of the molecule is C=CCNc1ccc(C(=O)Nc2ccc(OCc3ccc(Cl)cc3)cc2)nc1. The highest BCUT2D eigenvalue weighted by molar-refractivity contribution is 6.30. The smallest absolute Gasteiger partial charge is 0.274 e. The van der Waals surface area contributed by atoms with E-state index in [4.69, 9.17) is 16.3 Å². The van der Waals surface area contributed by atoms with Crippen molar-refractivity contribution < 1.29 is 9.53 Å². The van der Waals surface area contributed by atoms with E-state index in [1.807, 2.05) is 24.3 Å². The van der Waals surface area contributed by atoms with Crippen LogP contribution in [0.2, 0.25) is 5.02 Å². The fourth-order valence-electron chi connectivity index (χ4n) is 2.40. The fourth-order valence-corrected chi connectivity index (χ4v) is 2.53. The highest BCUT2D eigenvalue weighted by Gasteiger charge is 2.08. The summed E-state index contributed by atoms with van der Waals surface area (Å²) in [6, 6.07) is 18.2. The Hall–Kier alpha value is -3.31. The Morgan fingerprint density at radius 2 is 1.75 bits per heavy atom. The summed E-state index contributed by atoms with van der Waals surface area (Å²) in [6.07, 6.45) is 3.37. The minimum Gasteiger partial charge on any atom is -0.489 e. The van der Waals surface area contributed by atoms with Crippen LogP contribution in [-0.4, -0.2) is 17.4 Å². The number of carbonyl (C=O) groups excluding carboxylic acids is 1. The molecule has 1 aromatic heterocycles. The molecule has 6 heteroatoms. The fraction of sp³-hybridized carbons (Fsp3) is 0.0909.